The second-order valence-corrected chi connectivity index (χ2v) is 17.2. The number of nitrogens with zero attached hydrogens (tertiary/aromatic N) is 1. The van der Waals surface area contributed by atoms with E-state index in [0.29, 0.717) is 12.8 Å². The van der Waals surface area contributed by atoms with Gasteiger partial charge in [-0.2, -0.15) is 0 Å². The number of hydrogen-bond donors (Lipinski definition) is 2. The highest BCUT2D eigenvalue weighted by molar-refractivity contribution is 7.80. The summed E-state index contributed by atoms with van der Waals surface area (Å²) in [7, 11) is 0.897. The van der Waals surface area contributed by atoms with E-state index in [1.165, 1.54) is 141 Å². The van der Waals surface area contributed by atoms with Gasteiger partial charge in [-0.3, -0.25) is 13.8 Å². The molecule has 0 atom stereocenters. The van der Waals surface area contributed by atoms with Crippen LogP contribution in [0, 0.1) is 0 Å². The zero-order chi connectivity index (χ0) is 41.1. The van der Waals surface area contributed by atoms with Crippen molar-refractivity contribution in [2.24, 2.45) is 0 Å². The van der Waals surface area contributed by atoms with E-state index in [0.717, 1.165) is 76.3 Å². The van der Waals surface area contributed by atoms with E-state index in [9.17, 15) is 22.6 Å². The minimum absolute atomic E-state index is 0.205. The summed E-state index contributed by atoms with van der Waals surface area (Å²) >= 11 is 0. The normalized spacial score (nSPS) is 12.0. The summed E-state index contributed by atoms with van der Waals surface area (Å²) in [6.07, 6.45) is 46.1. The van der Waals surface area contributed by atoms with Crippen LogP contribution in [-0.4, -0.2) is 76.7 Å². The van der Waals surface area contributed by atoms with Gasteiger partial charge in [-0.1, -0.05) is 141 Å². The molecule has 0 saturated carbocycles. The van der Waals surface area contributed by atoms with E-state index in [4.69, 9.17) is 0 Å². The van der Waals surface area contributed by atoms with Gasteiger partial charge in [-0.15, -0.1) is 0 Å². The molecule has 0 aliphatic carbocycles. The third-order valence-corrected chi connectivity index (χ3v) is 10.5. The molecule has 0 bridgehead atoms. The third-order valence-electron chi connectivity index (χ3n) is 10.1. The van der Waals surface area contributed by atoms with Crippen LogP contribution in [0.1, 0.15) is 206 Å². The minimum atomic E-state index is -4.41. The van der Waals surface area contributed by atoms with Gasteiger partial charge in [0.1, 0.15) is 0 Å². The highest BCUT2D eigenvalue weighted by Crippen LogP contribution is 2.12. The zero-order valence-corrected chi connectivity index (χ0v) is 37.5. The Morgan fingerprint density at radius 3 is 1.07 bits per heavy atom. The fourth-order valence-corrected chi connectivity index (χ4v) is 6.47. The van der Waals surface area contributed by atoms with Gasteiger partial charge in [0.15, 0.2) is 0 Å². The second kappa shape index (κ2) is 41.9. The summed E-state index contributed by atoms with van der Waals surface area (Å²) in [5.41, 5.74) is 0. The standard InChI is InChI=1S/C44H85N3O2.CH4O4S/c1-5-7-9-11-13-15-17-19-21-23-25-27-29-31-33-37-43(48)45-39-35-41-47(3,4)42-36-40-46-44(49)38-34-32-30-28-26-24-22-20-18-16-14-12-10-8-6-2;1-5-6(2,3)4/h19-22H,5-18,23-42H2,1-4H3,(H-,45,46,48,49);1H3,(H,2,3,4). The minimum Gasteiger partial charge on any atom is -0.726 e. The molecule has 2 N–H and O–H groups in total. The van der Waals surface area contributed by atoms with E-state index in [1.54, 1.807) is 0 Å². The van der Waals surface area contributed by atoms with Gasteiger partial charge in [0.25, 0.3) is 0 Å². The topological polar surface area (TPSA) is 125 Å². The predicted octanol–water partition coefficient (Wildman–Crippen LogP) is 11.2. The summed E-state index contributed by atoms with van der Waals surface area (Å²) in [4.78, 5) is 24.5. The fourth-order valence-electron chi connectivity index (χ4n) is 6.47. The number of quaternary nitrogens is 1. The largest absolute Gasteiger partial charge is 0.726 e. The Hall–Kier alpha value is -1.75. The molecule has 326 valence electrons. The molecule has 0 unspecified atom stereocenters. The first-order chi connectivity index (χ1) is 26.5. The SMILES string of the molecule is CCCCCCCCC=CCCCCCCCC(=O)NCCC[N+](C)(C)CCCNC(=O)CCCCCCCC=CCCCCCCCC.COS(=O)(=O)[O-]. The lowest BCUT2D eigenvalue weighted by atomic mass is 10.1. The second-order valence-electron chi connectivity index (χ2n) is 16.0. The molecule has 2 amide bonds. The quantitative estimate of drug-likeness (QED) is 0.0210. The van der Waals surface area contributed by atoms with E-state index >= 15 is 0 Å². The first-order valence-corrected chi connectivity index (χ1v) is 24.0. The molecule has 0 saturated heterocycles. The van der Waals surface area contributed by atoms with Gasteiger partial charge in [-0.05, 0) is 64.2 Å². The first-order valence-electron chi connectivity index (χ1n) is 22.6. The summed E-state index contributed by atoms with van der Waals surface area (Å²) < 4.78 is 31.9. The first kappa shape index (κ1) is 55.3. The summed E-state index contributed by atoms with van der Waals surface area (Å²) in [6.45, 7) is 8.15. The maximum Gasteiger partial charge on any atom is 0.219 e. The van der Waals surface area contributed by atoms with Gasteiger partial charge in [-0.25, -0.2) is 8.42 Å². The highest BCUT2D eigenvalue weighted by Gasteiger charge is 2.14. The van der Waals surface area contributed by atoms with Crippen LogP contribution in [-0.2, 0) is 24.2 Å². The smallest absolute Gasteiger partial charge is 0.219 e. The average Bonchev–Trinajstić information content (AvgIpc) is 3.15. The number of allylic oxidation sites excluding steroid dienone is 4. The van der Waals surface area contributed by atoms with E-state index in [-0.39, 0.29) is 11.8 Å². The molecule has 0 aromatic heterocycles. The Labute approximate surface area is 341 Å². The lowest BCUT2D eigenvalue weighted by Gasteiger charge is -2.30. The van der Waals surface area contributed by atoms with Gasteiger partial charge < -0.3 is 19.7 Å². The monoisotopic (exact) mass is 800 g/mol. The van der Waals surface area contributed by atoms with Crippen LogP contribution >= 0.6 is 0 Å². The number of hydrogen-bond acceptors (Lipinski definition) is 6. The molecule has 0 aromatic carbocycles. The lowest BCUT2D eigenvalue weighted by molar-refractivity contribution is -0.890. The third kappa shape index (κ3) is 50.2. The molecule has 10 heteroatoms. The van der Waals surface area contributed by atoms with Gasteiger partial charge >= 0.3 is 0 Å². The van der Waals surface area contributed by atoms with Crippen molar-refractivity contribution in [2.75, 3.05) is 47.4 Å². The van der Waals surface area contributed by atoms with Crippen LogP contribution in [0.5, 0.6) is 0 Å². The molecule has 0 spiro atoms. The molecule has 0 fully saturated rings. The van der Waals surface area contributed by atoms with Crippen molar-refractivity contribution in [3.8, 4) is 0 Å². The van der Waals surface area contributed by atoms with Crippen LogP contribution < -0.4 is 10.6 Å². The van der Waals surface area contributed by atoms with Crippen LogP contribution in [0.3, 0.4) is 0 Å². The maximum atomic E-state index is 12.2. The van der Waals surface area contributed by atoms with E-state index < -0.39 is 10.4 Å². The van der Waals surface area contributed by atoms with Crippen molar-refractivity contribution in [3.63, 3.8) is 0 Å². The van der Waals surface area contributed by atoms with Gasteiger partial charge in [0.05, 0.1) is 34.3 Å². The number of rotatable bonds is 39. The van der Waals surface area contributed by atoms with Crippen molar-refractivity contribution >= 4 is 22.2 Å². The van der Waals surface area contributed by atoms with Crippen molar-refractivity contribution in [3.05, 3.63) is 24.3 Å². The molecular formula is C45H89N3O6S. The van der Waals surface area contributed by atoms with Crippen LogP contribution in [0.2, 0.25) is 0 Å². The molecule has 0 heterocycles. The van der Waals surface area contributed by atoms with Crippen molar-refractivity contribution in [1.82, 2.24) is 10.6 Å². The zero-order valence-electron chi connectivity index (χ0n) is 36.7. The number of unbranched alkanes of at least 4 members (excludes halogenated alkanes) is 22. The van der Waals surface area contributed by atoms with Crippen LogP contribution in [0.25, 0.3) is 0 Å². The molecule has 9 nitrogen and oxygen atoms in total. The highest BCUT2D eigenvalue weighted by atomic mass is 32.3. The van der Waals surface area contributed by atoms with Crippen molar-refractivity contribution in [2.45, 2.75) is 206 Å². The molecular weight excluding hydrogens is 711 g/mol. The Morgan fingerprint density at radius 2 is 0.782 bits per heavy atom. The Morgan fingerprint density at radius 1 is 0.509 bits per heavy atom. The summed E-state index contributed by atoms with van der Waals surface area (Å²) in [5, 5.41) is 6.25. The average molecular weight is 800 g/mol. The molecule has 0 aromatic rings. The number of carbonyl (C=O) groups is 2. The molecule has 0 radical (unpaired) electrons. The summed E-state index contributed by atoms with van der Waals surface area (Å²) in [6, 6.07) is 0. The van der Waals surface area contributed by atoms with Crippen molar-refractivity contribution < 1.29 is 31.2 Å². The molecule has 55 heavy (non-hydrogen) atoms. The Bertz CT molecular complexity index is 954. The lowest BCUT2D eigenvalue weighted by Crippen LogP contribution is -2.43. The summed E-state index contributed by atoms with van der Waals surface area (Å²) in [5.74, 6) is 0.411. The molecule has 0 aliphatic heterocycles. The number of nitrogens with one attached hydrogen (secondary N) is 2. The van der Waals surface area contributed by atoms with Crippen molar-refractivity contribution in [1.29, 1.82) is 0 Å². The maximum absolute atomic E-state index is 12.2. The van der Waals surface area contributed by atoms with Crippen LogP contribution in [0.4, 0.5) is 0 Å². The van der Waals surface area contributed by atoms with Crippen LogP contribution in [0.15, 0.2) is 24.3 Å². The fraction of sp³-hybridized carbons (Fsp3) is 0.867. The predicted molar refractivity (Wildman–Crippen MR) is 233 cm³/mol. The molecule has 0 rings (SSSR count). The van der Waals surface area contributed by atoms with E-state index in [1.807, 2.05) is 0 Å². The number of amides is 2. The van der Waals surface area contributed by atoms with Gasteiger partial charge in [0.2, 0.25) is 22.2 Å². The number of carbonyl (C=O) groups excluding carboxylic acids is 2. The Balaban J connectivity index is 0. The van der Waals surface area contributed by atoms with Gasteiger partial charge in [0, 0.05) is 38.8 Å². The van der Waals surface area contributed by atoms with E-state index in [2.05, 4.69) is 67.1 Å². The Kier molecular flexibility index (Phi) is 42.1. The molecule has 0 aliphatic rings.